The van der Waals surface area contributed by atoms with E-state index in [1.165, 1.54) is 122 Å². The minimum atomic E-state index is -0.543. The quantitative estimate of drug-likeness (QED) is 0.0350. The number of allylic oxidation sites excluding steroid dienone is 10. The minimum absolute atomic E-state index is 0.0737. The number of hydrogen-bond acceptors (Lipinski definition) is 5. The van der Waals surface area contributed by atoms with Crippen molar-refractivity contribution < 1.29 is 23.8 Å². The number of carbonyl (C=O) groups is 2. The highest BCUT2D eigenvalue weighted by atomic mass is 16.6. The van der Waals surface area contributed by atoms with Crippen molar-refractivity contribution in [2.75, 3.05) is 19.8 Å². The number of unbranched alkanes of at least 4 members (excludes halogenated alkanes) is 22. The Hall–Kier alpha value is -2.40. The van der Waals surface area contributed by atoms with Gasteiger partial charge in [0, 0.05) is 19.4 Å². The second kappa shape index (κ2) is 47.0. The second-order valence-corrected chi connectivity index (χ2v) is 15.7. The third kappa shape index (κ3) is 44.3. The lowest BCUT2D eigenvalue weighted by atomic mass is 10.1. The zero-order valence-corrected chi connectivity index (χ0v) is 37.1. The van der Waals surface area contributed by atoms with Crippen molar-refractivity contribution in [2.24, 2.45) is 0 Å². The van der Waals surface area contributed by atoms with Gasteiger partial charge in [0.05, 0.1) is 6.61 Å². The van der Waals surface area contributed by atoms with Crippen molar-refractivity contribution in [3.05, 3.63) is 60.8 Å². The van der Waals surface area contributed by atoms with E-state index in [0.29, 0.717) is 19.4 Å². The van der Waals surface area contributed by atoms with Gasteiger partial charge in [-0.15, -0.1) is 0 Å². The van der Waals surface area contributed by atoms with Gasteiger partial charge in [-0.05, 0) is 83.5 Å². The van der Waals surface area contributed by atoms with Crippen molar-refractivity contribution >= 4 is 11.9 Å². The fraction of sp³-hybridized carbons (Fsp3) is 0.765. The molecule has 1 unspecified atom stereocenters. The Labute approximate surface area is 347 Å². The standard InChI is InChI=1S/C51H90O5/c1-4-7-10-13-16-18-20-22-23-24-25-26-27-28-30-32-34-37-40-43-46-54-47-49(56-51(53)45-42-39-35-15-12-9-6-3)48-55-50(52)44-41-38-36-33-31-29-21-19-17-14-11-8-5-2/h11,14,16,18-19,21-23,25-26,49H,4-10,12-13,15,17,20,24,27-48H2,1-3H3/b14-11-,18-16-,21-19-,23-22-,26-25-. The molecular weight excluding hydrogens is 693 g/mol. The van der Waals surface area contributed by atoms with Gasteiger partial charge in [0.15, 0.2) is 6.10 Å². The lowest BCUT2D eigenvalue weighted by Crippen LogP contribution is -2.30. The summed E-state index contributed by atoms with van der Waals surface area (Å²) in [6.45, 7) is 7.67. The highest BCUT2D eigenvalue weighted by molar-refractivity contribution is 5.70. The molecule has 1 atom stereocenters. The molecule has 5 heteroatoms. The van der Waals surface area contributed by atoms with Crippen LogP contribution in [0.2, 0.25) is 0 Å². The number of hydrogen-bond donors (Lipinski definition) is 0. The minimum Gasteiger partial charge on any atom is -0.462 e. The molecule has 0 aromatic heterocycles. The average Bonchev–Trinajstić information content (AvgIpc) is 3.20. The highest BCUT2D eigenvalue weighted by Gasteiger charge is 2.17. The second-order valence-electron chi connectivity index (χ2n) is 15.7. The predicted octanol–water partition coefficient (Wildman–Crippen LogP) is 15.8. The van der Waals surface area contributed by atoms with Gasteiger partial charge in [0.25, 0.3) is 0 Å². The Morgan fingerprint density at radius 1 is 0.393 bits per heavy atom. The molecule has 0 aromatic carbocycles. The van der Waals surface area contributed by atoms with Gasteiger partial charge in [-0.3, -0.25) is 9.59 Å². The number of ether oxygens (including phenoxy) is 3. The van der Waals surface area contributed by atoms with E-state index >= 15 is 0 Å². The van der Waals surface area contributed by atoms with Crippen LogP contribution < -0.4 is 0 Å². The molecule has 0 N–H and O–H groups in total. The topological polar surface area (TPSA) is 61.8 Å². The first-order chi connectivity index (χ1) is 27.6. The van der Waals surface area contributed by atoms with Crippen LogP contribution in [-0.2, 0) is 23.8 Å². The van der Waals surface area contributed by atoms with Crippen LogP contribution >= 0.6 is 0 Å². The third-order valence-corrected chi connectivity index (χ3v) is 10.0. The molecule has 0 aromatic rings. The molecule has 0 amide bonds. The Kier molecular flexibility index (Phi) is 45.0. The summed E-state index contributed by atoms with van der Waals surface area (Å²) in [6.07, 6.45) is 58.0. The molecule has 0 fully saturated rings. The van der Waals surface area contributed by atoms with Crippen LogP contribution in [0.3, 0.4) is 0 Å². The summed E-state index contributed by atoms with van der Waals surface area (Å²) in [7, 11) is 0. The van der Waals surface area contributed by atoms with Crippen LogP contribution in [0.1, 0.15) is 226 Å². The first kappa shape index (κ1) is 53.6. The molecule has 324 valence electrons. The molecule has 0 saturated carbocycles. The molecule has 0 aliphatic carbocycles. The zero-order chi connectivity index (χ0) is 40.7. The molecular formula is C51H90O5. The largest absolute Gasteiger partial charge is 0.462 e. The van der Waals surface area contributed by atoms with Crippen LogP contribution in [0.5, 0.6) is 0 Å². The number of carbonyl (C=O) groups excluding carboxylic acids is 2. The van der Waals surface area contributed by atoms with E-state index in [1.54, 1.807) is 0 Å². The summed E-state index contributed by atoms with van der Waals surface area (Å²) in [5, 5.41) is 0. The van der Waals surface area contributed by atoms with Crippen LogP contribution in [0.15, 0.2) is 60.8 Å². The van der Waals surface area contributed by atoms with Crippen molar-refractivity contribution in [3.63, 3.8) is 0 Å². The van der Waals surface area contributed by atoms with E-state index in [9.17, 15) is 9.59 Å². The van der Waals surface area contributed by atoms with Crippen LogP contribution in [0, 0.1) is 0 Å². The SMILES string of the molecule is CCC/C=C\C/C=C\CCCCCCCC(=O)OCC(COCCCCCCCCC/C=C\C/C=C\C/C=C\CCCCC)OC(=O)CCCCCCCCC. The maximum Gasteiger partial charge on any atom is 0.306 e. The summed E-state index contributed by atoms with van der Waals surface area (Å²) >= 11 is 0. The predicted molar refractivity (Wildman–Crippen MR) is 242 cm³/mol. The monoisotopic (exact) mass is 783 g/mol. The summed E-state index contributed by atoms with van der Waals surface area (Å²) in [5.74, 6) is -0.424. The van der Waals surface area contributed by atoms with E-state index in [0.717, 1.165) is 70.6 Å². The van der Waals surface area contributed by atoms with Gasteiger partial charge in [0.1, 0.15) is 6.61 Å². The normalized spacial score (nSPS) is 12.7. The molecule has 0 spiro atoms. The van der Waals surface area contributed by atoms with Crippen molar-refractivity contribution in [1.82, 2.24) is 0 Å². The number of esters is 2. The van der Waals surface area contributed by atoms with E-state index in [-0.39, 0.29) is 25.2 Å². The Balaban J connectivity index is 4.15. The van der Waals surface area contributed by atoms with E-state index in [4.69, 9.17) is 14.2 Å². The van der Waals surface area contributed by atoms with Gasteiger partial charge >= 0.3 is 11.9 Å². The van der Waals surface area contributed by atoms with Crippen molar-refractivity contribution in [2.45, 2.75) is 232 Å². The van der Waals surface area contributed by atoms with Crippen LogP contribution in [0.25, 0.3) is 0 Å². The first-order valence-corrected chi connectivity index (χ1v) is 23.8. The molecule has 5 nitrogen and oxygen atoms in total. The Morgan fingerprint density at radius 2 is 0.786 bits per heavy atom. The Morgan fingerprint density at radius 3 is 1.30 bits per heavy atom. The fourth-order valence-corrected chi connectivity index (χ4v) is 6.44. The maximum absolute atomic E-state index is 12.6. The van der Waals surface area contributed by atoms with E-state index in [2.05, 4.69) is 81.5 Å². The summed E-state index contributed by atoms with van der Waals surface area (Å²) < 4.78 is 17.3. The first-order valence-electron chi connectivity index (χ1n) is 23.8. The van der Waals surface area contributed by atoms with Crippen LogP contribution in [0.4, 0.5) is 0 Å². The summed E-state index contributed by atoms with van der Waals surface area (Å²) in [5.41, 5.74) is 0. The fourth-order valence-electron chi connectivity index (χ4n) is 6.44. The van der Waals surface area contributed by atoms with Gasteiger partial charge < -0.3 is 14.2 Å². The molecule has 0 heterocycles. The molecule has 0 aliphatic rings. The molecule has 0 aliphatic heterocycles. The Bertz CT molecular complexity index is 977. The maximum atomic E-state index is 12.6. The smallest absolute Gasteiger partial charge is 0.306 e. The lowest BCUT2D eigenvalue weighted by Gasteiger charge is -2.18. The average molecular weight is 783 g/mol. The molecule has 0 radical (unpaired) electrons. The summed E-state index contributed by atoms with van der Waals surface area (Å²) in [4.78, 5) is 25.1. The van der Waals surface area contributed by atoms with Gasteiger partial charge in [-0.2, -0.15) is 0 Å². The van der Waals surface area contributed by atoms with Gasteiger partial charge in [-0.1, -0.05) is 191 Å². The zero-order valence-electron chi connectivity index (χ0n) is 37.1. The molecule has 0 saturated heterocycles. The van der Waals surface area contributed by atoms with Crippen molar-refractivity contribution in [3.8, 4) is 0 Å². The summed E-state index contributed by atoms with van der Waals surface area (Å²) in [6, 6.07) is 0. The van der Waals surface area contributed by atoms with Crippen LogP contribution in [-0.4, -0.2) is 37.9 Å². The molecule has 56 heavy (non-hydrogen) atoms. The van der Waals surface area contributed by atoms with Gasteiger partial charge in [-0.25, -0.2) is 0 Å². The molecule has 0 rings (SSSR count). The van der Waals surface area contributed by atoms with E-state index in [1.807, 2.05) is 0 Å². The highest BCUT2D eigenvalue weighted by Crippen LogP contribution is 2.13. The third-order valence-electron chi connectivity index (χ3n) is 10.0. The van der Waals surface area contributed by atoms with E-state index < -0.39 is 6.10 Å². The lowest BCUT2D eigenvalue weighted by molar-refractivity contribution is -0.163. The number of rotatable bonds is 43. The van der Waals surface area contributed by atoms with Gasteiger partial charge in [0.2, 0.25) is 0 Å². The van der Waals surface area contributed by atoms with Crippen molar-refractivity contribution in [1.29, 1.82) is 0 Å². The molecule has 0 bridgehead atoms.